The largest absolute Gasteiger partial charge is 0.454 e. The molecule has 1 aromatic heterocycles. The normalized spacial score (nSPS) is 19.5. The first-order valence-corrected chi connectivity index (χ1v) is 9.96. The number of likely N-dealkylation sites (tertiary alicyclic amines) is 1. The molecule has 0 spiro atoms. The molecule has 0 aliphatic carbocycles. The van der Waals surface area contributed by atoms with Gasteiger partial charge in [0.2, 0.25) is 6.79 Å². The number of ketones is 1. The van der Waals surface area contributed by atoms with Crippen molar-refractivity contribution in [3.63, 3.8) is 0 Å². The standard InChI is InChI=1S/C19H21N3O3S/c1-26-19-20-8-13(9-21-19)10-22-6-2-3-15(11-22)18(23)14-4-5-16-17(7-14)25-12-24-16/h4-5,7-9,15H,2-3,6,10-12H2,1H3/t15-/m1/s1. The Labute approximate surface area is 156 Å². The fourth-order valence-corrected chi connectivity index (χ4v) is 3.80. The Balaban J connectivity index is 1.41. The summed E-state index contributed by atoms with van der Waals surface area (Å²) in [4.78, 5) is 23.9. The number of hydrogen-bond acceptors (Lipinski definition) is 7. The molecule has 0 bridgehead atoms. The van der Waals surface area contributed by atoms with E-state index in [9.17, 15) is 4.79 Å². The van der Waals surface area contributed by atoms with E-state index in [1.165, 1.54) is 11.8 Å². The summed E-state index contributed by atoms with van der Waals surface area (Å²) >= 11 is 1.53. The zero-order valence-electron chi connectivity index (χ0n) is 14.7. The maximum absolute atomic E-state index is 12.9. The Hall–Kier alpha value is -2.12. The van der Waals surface area contributed by atoms with Crippen LogP contribution >= 0.6 is 11.8 Å². The van der Waals surface area contributed by atoms with Crippen LogP contribution in [0.1, 0.15) is 28.8 Å². The third kappa shape index (κ3) is 3.68. The number of rotatable bonds is 5. The molecule has 4 rings (SSSR count). The van der Waals surface area contributed by atoms with Gasteiger partial charge >= 0.3 is 0 Å². The van der Waals surface area contributed by atoms with Gasteiger partial charge in [0, 0.05) is 42.5 Å². The van der Waals surface area contributed by atoms with Crippen LogP contribution in [0.25, 0.3) is 0 Å². The van der Waals surface area contributed by atoms with Gasteiger partial charge in [0.15, 0.2) is 22.4 Å². The molecule has 26 heavy (non-hydrogen) atoms. The number of carbonyl (C=O) groups excluding carboxylic acids is 1. The van der Waals surface area contributed by atoms with Gasteiger partial charge in [0.25, 0.3) is 0 Å². The fourth-order valence-electron chi connectivity index (χ4n) is 3.49. The number of thioether (sulfide) groups is 1. The van der Waals surface area contributed by atoms with Gasteiger partial charge in [-0.25, -0.2) is 9.97 Å². The SMILES string of the molecule is CSc1ncc(CN2CCC[C@@H](C(=O)c3ccc4c(c3)OCO4)C2)cn1. The molecule has 1 saturated heterocycles. The minimum absolute atomic E-state index is 0.00973. The summed E-state index contributed by atoms with van der Waals surface area (Å²) in [6.07, 6.45) is 7.66. The number of piperidine rings is 1. The minimum Gasteiger partial charge on any atom is -0.454 e. The number of aromatic nitrogens is 2. The Morgan fingerprint density at radius 1 is 1.27 bits per heavy atom. The van der Waals surface area contributed by atoms with Crippen LogP contribution in [0, 0.1) is 5.92 Å². The molecular weight excluding hydrogens is 350 g/mol. The molecule has 136 valence electrons. The second-order valence-electron chi connectivity index (χ2n) is 6.58. The van der Waals surface area contributed by atoms with Crippen molar-refractivity contribution in [2.75, 3.05) is 26.1 Å². The molecule has 0 N–H and O–H groups in total. The van der Waals surface area contributed by atoms with Crippen molar-refractivity contribution in [2.45, 2.75) is 24.5 Å². The maximum Gasteiger partial charge on any atom is 0.231 e. The summed E-state index contributed by atoms with van der Waals surface area (Å²) in [5.74, 6) is 1.56. The van der Waals surface area contributed by atoms with Crippen LogP contribution < -0.4 is 9.47 Å². The van der Waals surface area contributed by atoms with Gasteiger partial charge in [0.05, 0.1) is 0 Å². The van der Waals surface area contributed by atoms with E-state index in [-0.39, 0.29) is 18.5 Å². The molecule has 0 saturated carbocycles. The highest BCUT2D eigenvalue weighted by atomic mass is 32.2. The second-order valence-corrected chi connectivity index (χ2v) is 7.36. The van der Waals surface area contributed by atoms with E-state index in [1.54, 1.807) is 6.07 Å². The van der Waals surface area contributed by atoms with Crippen LogP contribution in [-0.2, 0) is 6.54 Å². The molecule has 0 amide bonds. The van der Waals surface area contributed by atoms with E-state index in [0.717, 1.165) is 43.2 Å². The van der Waals surface area contributed by atoms with Crippen LogP contribution in [0.5, 0.6) is 11.5 Å². The van der Waals surface area contributed by atoms with Gasteiger partial charge in [-0.05, 0) is 43.8 Å². The third-order valence-corrected chi connectivity index (χ3v) is 5.38. The van der Waals surface area contributed by atoms with Gasteiger partial charge in [-0.3, -0.25) is 9.69 Å². The van der Waals surface area contributed by atoms with Crippen molar-refractivity contribution >= 4 is 17.5 Å². The molecule has 1 atom stereocenters. The van der Waals surface area contributed by atoms with Crippen molar-refractivity contribution in [3.8, 4) is 11.5 Å². The number of nitrogens with zero attached hydrogens (tertiary/aromatic N) is 3. The topological polar surface area (TPSA) is 64.6 Å². The lowest BCUT2D eigenvalue weighted by atomic mass is 9.89. The quantitative estimate of drug-likeness (QED) is 0.455. The number of benzene rings is 1. The molecule has 1 fully saturated rings. The van der Waals surface area contributed by atoms with Crippen LogP contribution in [0.3, 0.4) is 0 Å². The third-order valence-electron chi connectivity index (χ3n) is 4.80. The highest BCUT2D eigenvalue weighted by molar-refractivity contribution is 7.98. The van der Waals surface area contributed by atoms with E-state index in [2.05, 4.69) is 14.9 Å². The lowest BCUT2D eigenvalue weighted by Gasteiger charge is -2.31. The summed E-state index contributed by atoms with van der Waals surface area (Å²) in [5.41, 5.74) is 1.78. The minimum atomic E-state index is 0.00973. The molecule has 2 aromatic rings. The van der Waals surface area contributed by atoms with E-state index in [1.807, 2.05) is 30.8 Å². The smallest absolute Gasteiger partial charge is 0.231 e. The summed E-state index contributed by atoms with van der Waals surface area (Å²) < 4.78 is 10.7. The average Bonchev–Trinajstić information content (AvgIpc) is 3.16. The van der Waals surface area contributed by atoms with Gasteiger partial charge in [-0.2, -0.15) is 0 Å². The number of carbonyl (C=O) groups is 1. The molecule has 3 heterocycles. The number of hydrogen-bond donors (Lipinski definition) is 0. The average molecular weight is 371 g/mol. The molecule has 6 nitrogen and oxygen atoms in total. The van der Waals surface area contributed by atoms with Crippen molar-refractivity contribution in [1.29, 1.82) is 0 Å². The molecule has 7 heteroatoms. The maximum atomic E-state index is 12.9. The van der Waals surface area contributed by atoms with Gasteiger partial charge in [0.1, 0.15) is 0 Å². The van der Waals surface area contributed by atoms with Gasteiger partial charge in [-0.1, -0.05) is 11.8 Å². The van der Waals surface area contributed by atoms with Crippen molar-refractivity contribution in [3.05, 3.63) is 41.7 Å². The van der Waals surface area contributed by atoms with Gasteiger partial charge < -0.3 is 9.47 Å². The van der Waals surface area contributed by atoms with E-state index >= 15 is 0 Å². The first kappa shape index (κ1) is 17.3. The Bertz CT molecular complexity index is 797. The van der Waals surface area contributed by atoms with E-state index < -0.39 is 0 Å². The van der Waals surface area contributed by atoms with Crippen molar-refractivity contribution < 1.29 is 14.3 Å². The lowest BCUT2D eigenvalue weighted by Crippen LogP contribution is -2.38. The fraction of sp³-hybridized carbons (Fsp3) is 0.421. The molecule has 1 aromatic carbocycles. The number of ether oxygens (including phenoxy) is 2. The molecule has 0 radical (unpaired) electrons. The second kappa shape index (κ2) is 7.63. The van der Waals surface area contributed by atoms with Crippen LogP contribution in [-0.4, -0.2) is 46.8 Å². The van der Waals surface area contributed by atoms with Crippen LogP contribution in [0.4, 0.5) is 0 Å². The molecular formula is C19H21N3O3S. The first-order chi connectivity index (χ1) is 12.7. The highest BCUT2D eigenvalue weighted by Crippen LogP contribution is 2.34. The van der Waals surface area contributed by atoms with Gasteiger partial charge in [-0.15, -0.1) is 0 Å². The predicted molar refractivity (Wildman–Crippen MR) is 98.7 cm³/mol. The zero-order chi connectivity index (χ0) is 17.9. The Morgan fingerprint density at radius 3 is 2.88 bits per heavy atom. The van der Waals surface area contributed by atoms with Crippen molar-refractivity contribution in [2.24, 2.45) is 5.92 Å². The monoisotopic (exact) mass is 371 g/mol. The van der Waals surface area contributed by atoms with Crippen LogP contribution in [0.2, 0.25) is 0 Å². The number of fused-ring (bicyclic) bond motifs is 1. The zero-order valence-corrected chi connectivity index (χ0v) is 15.5. The van der Waals surface area contributed by atoms with Crippen molar-refractivity contribution in [1.82, 2.24) is 14.9 Å². The summed E-state index contributed by atoms with van der Waals surface area (Å²) in [5, 5.41) is 0.781. The number of Topliss-reactive ketones (excluding diaryl/α,β-unsaturated/α-hetero) is 1. The molecule has 2 aliphatic rings. The first-order valence-electron chi connectivity index (χ1n) is 8.74. The van der Waals surface area contributed by atoms with E-state index in [4.69, 9.17) is 9.47 Å². The lowest BCUT2D eigenvalue weighted by molar-refractivity contribution is 0.0811. The summed E-state index contributed by atoms with van der Waals surface area (Å²) in [6, 6.07) is 5.46. The summed E-state index contributed by atoms with van der Waals surface area (Å²) in [6.45, 7) is 2.76. The molecule has 0 unspecified atom stereocenters. The van der Waals surface area contributed by atoms with Crippen LogP contribution in [0.15, 0.2) is 35.7 Å². The predicted octanol–water partition coefficient (Wildman–Crippen LogP) is 3.02. The molecule has 2 aliphatic heterocycles. The van der Waals surface area contributed by atoms with E-state index in [0.29, 0.717) is 17.1 Å². The Kier molecular flexibility index (Phi) is 5.08. The Morgan fingerprint density at radius 2 is 2.08 bits per heavy atom. The highest BCUT2D eigenvalue weighted by Gasteiger charge is 2.28. The summed E-state index contributed by atoms with van der Waals surface area (Å²) in [7, 11) is 0.